The average Bonchev–Trinajstić information content (AvgIpc) is 2.32. The number of hydrogen-bond acceptors (Lipinski definition) is 3. The van der Waals surface area contributed by atoms with Crippen molar-refractivity contribution in [3.8, 4) is 0 Å². The summed E-state index contributed by atoms with van der Waals surface area (Å²) < 4.78 is 0. The first-order valence-electron chi connectivity index (χ1n) is 9.11. The number of ketones is 1. The highest BCUT2D eigenvalue weighted by Crippen LogP contribution is 2.36. The Bertz CT molecular complexity index is 399. The van der Waals surface area contributed by atoms with E-state index in [2.05, 4.69) is 79.3 Å². The Labute approximate surface area is 144 Å². The Morgan fingerprint density at radius 2 is 0.957 bits per heavy atom. The van der Waals surface area contributed by atoms with Gasteiger partial charge >= 0.3 is 0 Å². The summed E-state index contributed by atoms with van der Waals surface area (Å²) in [5, 5.41) is 0. The van der Waals surface area contributed by atoms with Crippen molar-refractivity contribution in [3.05, 3.63) is 0 Å². The van der Waals surface area contributed by atoms with Crippen molar-refractivity contribution in [2.45, 2.75) is 110 Å². The molecule has 0 N–H and O–H groups in total. The summed E-state index contributed by atoms with van der Waals surface area (Å²) in [6.07, 6.45) is 5.43. The lowest BCUT2D eigenvalue weighted by molar-refractivity contribution is -0.131. The van der Waals surface area contributed by atoms with Gasteiger partial charge in [-0.25, -0.2) is 0 Å². The minimum absolute atomic E-state index is 0.0266. The second-order valence-electron chi connectivity index (χ2n) is 10.1. The second kappa shape index (κ2) is 6.48. The average molecular weight is 325 g/mol. The monoisotopic (exact) mass is 324 g/mol. The molecular formula is C20H40N2O. The molecule has 3 nitrogen and oxygen atoms in total. The van der Waals surface area contributed by atoms with Crippen LogP contribution in [0.1, 0.15) is 87.5 Å². The van der Waals surface area contributed by atoms with Crippen molar-refractivity contribution >= 4 is 5.78 Å². The quantitative estimate of drug-likeness (QED) is 0.655. The summed E-state index contributed by atoms with van der Waals surface area (Å²) in [5.41, 5.74) is 0.862. The third kappa shape index (κ3) is 4.79. The third-order valence-corrected chi connectivity index (χ3v) is 6.47. The number of nitrogens with zero attached hydrogens (tertiary/aromatic N) is 2. The molecule has 2 heterocycles. The summed E-state index contributed by atoms with van der Waals surface area (Å²) in [6, 6.07) is 0. The lowest BCUT2D eigenvalue weighted by Gasteiger charge is -2.50. The van der Waals surface area contributed by atoms with Crippen LogP contribution in [0.2, 0.25) is 0 Å². The molecule has 2 aliphatic heterocycles. The molecule has 2 fully saturated rings. The van der Waals surface area contributed by atoms with Crippen LogP contribution >= 0.6 is 0 Å². The predicted molar refractivity (Wildman–Crippen MR) is 99.9 cm³/mol. The van der Waals surface area contributed by atoms with Crippen molar-refractivity contribution in [1.29, 1.82) is 0 Å². The van der Waals surface area contributed by atoms with Crippen LogP contribution in [0, 0.1) is 0 Å². The summed E-state index contributed by atoms with van der Waals surface area (Å²) in [4.78, 5) is 16.2. The maximum atomic E-state index is 11.4. The molecule has 2 saturated heterocycles. The molecule has 136 valence electrons. The van der Waals surface area contributed by atoms with Gasteiger partial charge in [0.15, 0.2) is 0 Å². The Balaban J connectivity index is 0.000000231. The van der Waals surface area contributed by atoms with E-state index in [1.807, 2.05) is 0 Å². The highest BCUT2D eigenvalue weighted by Gasteiger charge is 2.42. The highest BCUT2D eigenvalue weighted by atomic mass is 16.1. The van der Waals surface area contributed by atoms with Crippen LogP contribution in [0.15, 0.2) is 0 Å². The molecule has 0 amide bonds. The lowest BCUT2D eigenvalue weighted by Crippen LogP contribution is -2.58. The molecule has 3 heteroatoms. The third-order valence-electron chi connectivity index (χ3n) is 6.47. The normalized spacial score (nSPS) is 29.6. The summed E-state index contributed by atoms with van der Waals surface area (Å²) >= 11 is 0. The molecule has 0 aliphatic carbocycles. The maximum absolute atomic E-state index is 11.4. The fourth-order valence-corrected chi connectivity index (χ4v) is 4.19. The van der Waals surface area contributed by atoms with Crippen molar-refractivity contribution in [3.63, 3.8) is 0 Å². The van der Waals surface area contributed by atoms with Crippen molar-refractivity contribution in [2.75, 3.05) is 14.1 Å². The van der Waals surface area contributed by atoms with Gasteiger partial charge in [-0.2, -0.15) is 0 Å². The van der Waals surface area contributed by atoms with Gasteiger partial charge in [0, 0.05) is 35.0 Å². The van der Waals surface area contributed by atoms with E-state index in [0.717, 1.165) is 0 Å². The highest BCUT2D eigenvalue weighted by molar-refractivity contribution is 5.81. The van der Waals surface area contributed by atoms with Crippen LogP contribution in [-0.2, 0) is 4.79 Å². The number of carbonyl (C=O) groups is 1. The van der Waals surface area contributed by atoms with Crippen LogP contribution in [-0.4, -0.2) is 51.8 Å². The van der Waals surface area contributed by atoms with Gasteiger partial charge in [0.1, 0.15) is 5.78 Å². The van der Waals surface area contributed by atoms with Gasteiger partial charge in [-0.05, 0) is 88.7 Å². The van der Waals surface area contributed by atoms with E-state index in [1.54, 1.807) is 0 Å². The Kier molecular flexibility index (Phi) is 5.81. The van der Waals surface area contributed by atoms with Crippen molar-refractivity contribution in [1.82, 2.24) is 9.80 Å². The first kappa shape index (κ1) is 20.6. The molecule has 0 aromatic heterocycles. The maximum Gasteiger partial charge on any atom is 0.136 e. The number of Topliss-reactive ketones (excluding diaryl/α,β-unsaturated/α-hetero) is 1. The van der Waals surface area contributed by atoms with Crippen LogP contribution in [0.5, 0.6) is 0 Å². The number of likely N-dealkylation sites (tertiary alicyclic amines) is 2. The van der Waals surface area contributed by atoms with E-state index in [9.17, 15) is 4.79 Å². The topological polar surface area (TPSA) is 23.6 Å². The number of carbonyl (C=O) groups excluding carboxylic acids is 1. The SMILES string of the molecule is CN1C(C)(C)CC(=O)CC1(C)C.CN1C(C)(C)CCCC1(C)C. The van der Waals surface area contributed by atoms with E-state index in [1.165, 1.54) is 19.3 Å². The van der Waals surface area contributed by atoms with E-state index >= 15 is 0 Å². The molecule has 0 radical (unpaired) electrons. The molecule has 0 saturated carbocycles. The Morgan fingerprint density at radius 1 is 0.652 bits per heavy atom. The van der Waals surface area contributed by atoms with Gasteiger partial charge in [0.2, 0.25) is 0 Å². The van der Waals surface area contributed by atoms with Gasteiger partial charge in [-0.1, -0.05) is 0 Å². The molecule has 0 atom stereocenters. The number of piperidine rings is 2. The standard InChI is InChI=1S/C10H19NO.C10H21N/c1-9(2)6-8(12)7-10(3,4)11(9)5;1-9(2)7-6-8-10(3,4)11(9)5/h6-7H2,1-5H3;6-8H2,1-5H3. The molecule has 0 aromatic rings. The fourth-order valence-electron chi connectivity index (χ4n) is 4.19. The molecule has 0 spiro atoms. The molecule has 0 aromatic carbocycles. The second-order valence-corrected chi connectivity index (χ2v) is 10.1. The van der Waals surface area contributed by atoms with E-state index < -0.39 is 0 Å². The van der Waals surface area contributed by atoms with Gasteiger partial charge in [0.25, 0.3) is 0 Å². The Morgan fingerprint density at radius 3 is 1.26 bits per heavy atom. The summed E-state index contributed by atoms with van der Waals surface area (Å²) in [5.74, 6) is 0.392. The Hall–Kier alpha value is -0.410. The summed E-state index contributed by atoms with van der Waals surface area (Å²) in [6.45, 7) is 17.9. The minimum atomic E-state index is 0.0266. The van der Waals surface area contributed by atoms with Crippen LogP contribution < -0.4 is 0 Å². The van der Waals surface area contributed by atoms with Gasteiger partial charge in [-0.15, -0.1) is 0 Å². The largest absolute Gasteiger partial charge is 0.300 e. The minimum Gasteiger partial charge on any atom is -0.300 e. The smallest absolute Gasteiger partial charge is 0.136 e. The van der Waals surface area contributed by atoms with Gasteiger partial charge < -0.3 is 0 Å². The zero-order valence-electron chi connectivity index (χ0n) is 17.3. The molecule has 0 unspecified atom stereocenters. The van der Waals surface area contributed by atoms with Crippen LogP contribution in [0.3, 0.4) is 0 Å². The fraction of sp³-hybridized carbons (Fsp3) is 0.950. The van der Waals surface area contributed by atoms with E-state index in [-0.39, 0.29) is 11.1 Å². The first-order valence-corrected chi connectivity index (χ1v) is 9.11. The van der Waals surface area contributed by atoms with Gasteiger partial charge in [0.05, 0.1) is 0 Å². The molecular weight excluding hydrogens is 284 g/mol. The van der Waals surface area contributed by atoms with E-state index in [4.69, 9.17) is 0 Å². The van der Waals surface area contributed by atoms with Crippen LogP contribution in [0.4, 0.5) is 0 Å². The predicted octanol–water partition coefficient (Wildman–Crippen LogP) is 4.50. The number of hydrogen-bond donors (Lipinski definition) is 0. The van der Waals surface area contributed by atoms with Gasteiger partial charge in [-0.3, -0.25) is 14.6 Å². The van der Waals surface area contributed by atoms with Crippen molar-refractivity contribution in [2.24, 2.45) is 0 Å². The molecule has 2 aliphatic rings. The molecule has 23 heavy (non-hydrogen) atoms. The zero-order chi connectivity index (χ0) is 18.3. The zero-order valence-corrected chi connectivity index (χ0v) is 17.3. The van der Waals surface area contributed by atoms with Crippen molar-refractivity contribution < 1.29 is 4.79 Å². The van der Waals surface area contributed by atoms with Crippen LogP contribution in [0.25, 0.3) is 0 Å². The lowest BCUT2D eigenvalue weighted by atomic mass is 9.80. The first-order chi connectivity index (χ1) is 10.1. The summed E-state index contributed by atoms with van der Waals surface area (Å²) in [7, 11) is 4.35. The molecule has 0 bridgehead atoms. The molecule has 2 rings (SSSR count). The van der Waals surface area contributed by atoms with E-state index in [0.29, 0.717) is 29.7 Å². The number of rotatable bonds is 0.